The predicted octanol–water partition coefficient (Wildman–Crippen LogP) is 2.27. The molecule has 2 N–H and O–H groups in total. The maximum Gasteiger partial charge on any atom is 0.191 e. The van der Waals surface area contributed by atoms with Crippen molar-refractivity contribution < 1.29 is 0 Å². The summed E-state index contributed by atoms with van der Waals surface area (Å²) in [5.41, 5.74) is 1.13. The van der Waals surface area contributed by atoms with Crippen LogP contribution in [0.2, 0.25) is 0 Å². The fourth-order valence-electron chi connectivity index (χ4n) is 2.41. The minimum atomic E-state index is 0. The van der Waals surface area contributed by atoms with E-state index in [0.717, 1.165) is 30.2 Å². The van der Waals surface area contributed by atoms with Gasteiger partial charge in [0.1, 0.15) is 0 Å². The quantitative estimate of drug-likeness (QED) is 0.342. The van der Waals surface area contributed by atoms with Gasteiger partial charge in [0.2, 0.25) is 0 Å². The minimum absolute atomic E-state index is 0. The number of rotatable bonds is 4. The zero-order chi connectivity index (χ0) is 15.2. The summed E-state index contributed by atoms with van der Waals surface area (Å²) in [4.78, 5) is 8.60. The molecule has 0 unspecified atom stereocenters. The Balaban J connectivity index is 0.00000192. The second kappa shape index (κ2) is 8.66. The number of pyridine rings is 1. The third-order valence-corrected chi connectivity index (χ3v) is 3.58. The van der Waals surface area contributed by atoms with Gasteiger partial charge in [-0.05, 0) is 36.6 Å². The molecule has 23 heavy (non-hydrogen) atoms. The molecule has 0 fully saturated rings. The molecule has 6 nitrogen and oxygen atoms in total. The molecule has 0 aliphatic heterocycles. The average Bonchev–Trinajstić information content (AvgIpc) is 3.25. The minimum Gasteiger partial charge on any atom is -0.353 e. The summed E-state index contributed by atoms with van der Waals surface area (Å²) in [5.74, 6) is 1.64. The number of nitrogens with one attached hydrogen (secondary N) is 2. The summed E-state index contributed by atoms with van der Waals surface area (Å²) in [6.45, 7) is 0.691. The van der Waals surface area contributed by atoms with Gasteiger partial charge in [0.15, 0.2) is 11.8 Å². The Morgan fingerprint density at radius 3 is 2.87 bits per heavy atom. The zero-order valence-corrected chi connectivity index (χ0v) is 15.3. The fraction of sp³-hybridized carbons (Fsp3) is 0.312. The highest BCUT2D eigenvalue weighted by molar-refractivity contribution is 14.0. The van der Waals surface area contributed by atoms with E-state index in [4.69, 9.17) is 0 Å². The third kappa shape index (κ3) is 4.78. The smallest absolute Gasteiger partial charge is 0.191 e. The van der Waals surface area contributed by atoms with Gasteiger partial charge < -0.3 is 10.6 Å². The van der Waals surface area contributed by atoms with E-state index in [0.29, 0.717) is 12.6 Å². The molecule has 2 aromatic heterocycles. The highest BCUT2D eigenvalue weighted by atomic mass is 127. The number of hydrogen-bond donors (Lipinski definition) is 2. The molecule has 3 rings (SSSR count). The highest BCUT2D eigenvalue weighted by Gasteiger charge is 2.11. The van der Waals surface area contributed by atoms with Gasteiger partial charge in [-0.2, -0.15) is 5.10 Å². The topological polar surface area (TPSA) is 67.1 Å². The van der Waals surface area contributed by atoms with E-state index in [1.807, 2.05) is 24.4 Å². The van der Waals surface area contributed by atoms with Gasteiger partial charge in [0.05, 0.1) is 0 Å². The Labute approximate surface area is 153 Å². The molecule has 2 heterocycles. The molecular formula is C16H21IN6. The zero-order valence-electron chi connectivity index (χ0n) is 13.0. The molecule has 0 atom stereocenters. The molecule has 0 amide bonds. The number of nitrogens with zero attached hydrogens (tertiary/aromatic N) is 4. The summed E-state index contributed by atoms with van der Waals surface area (Å²) in [6, 6.07) is 6.34. The first-order valence-electron chi connectivity index (χ1n) is 7.42. The van der Waals surface area contributed by atoms with Gasteiger partial charge in [-0.1, -0.05) is 12.2 Å². The average molecular weight is 424 g/mol. The first kappa shape index (κ1) is 17.5. The van der Waals surface area contributed by atoms with E-state index in [2.05, 4.69) is 37.9 Å². The molecule has 122 valence electrons. The Kier molecular flexibility index (Phi) is 6.57. The van der Waals surface area contributed by atoms with Gasteiger partial charge in [-0.3, -0.25) is 4.99 Å². The maximum absolute atomic E-state index is 4.33. The van der Waals surface area contributed by atoms with Crippen molar-refractivity contribution >= 4 is 29.9 Å². The lowest BCUT2D eigenvalue weighted by Crippen LogP contribution is -2.42. The standard InChI is InChI=1S/C16H20N6.HI/c1-17-16(21-14-5-2-3-6-14)19-12-13-7-9-18-15(11-13)22-10-4-8-20-22;/h2-4,7-11,14H,5-6,12H2,1H3,(H2,17,19,21);1H. The largest absolute Gasteiger partial charge is 0.353 e. The predicted molar refractivity (Wildman–Crippen MR) is 102 cm³/mol. The number of aliphatic imine (C=N–C) groups is 1. The number of guanidine groups is 1. The van der Waals surface area contributed by atoms with Crippen LogP contribution >= 0.6 is 24.0 Å². The van der Waals surface area contributed by atoms with Crippen molar-refractivity contribution in [2.45, 2.75) is 25.4 Å². The molecule has 1 aliphatic carbocycles. The summed E-state index contributed by atoms with van der Waals surface area (Å²) < 4.78 is 1.75. The van der Waals surface area contributed by atoms with Crippen molar-refractivity contribution in [1.29, 1.82) is 0 Å². The lowest BCUT2D eigenvalue weighted by molar-refractivity contribution is 0.633. The van der Waals surface area contributed by atoms with Crippen LogP contribution in [0.15, 0.2) is 53.9 Å². The summed E-state index contributed by atoms with van der Waals surface area (Å²) in [6.07, 6.45) is 11.9. The number of halogens is 1. The van der Waals surface area contributed by atoms with E-state index in [-0.39, 0.29) is 24.0 Å². The van der Waals surface area contributed by atoms with Crippen LogP contribution in [0.5, 0.6) is 0 Å². The van der Waals surface area contributed by atoms with Crippen LogP contribution in [-0.2, 0) is 6.54 Å². The van der Waals surface area contributed by atoms with Crippen LogP contribution < -0.4 is 10.6 Å². The second-order valence-electron chi connectivity index (χ2n) is 5.18. The SMILES string of the molecule is CN=C(NCc1ccnc(-n2cccn2)c1)NC1CC=CC1.I. The molecule has 0 radical (unpaired) electrons. The van der Waals surface area contributed by atoms with Crippen molar-refractivity contribution in [3.05, 3.63) is 54.5 Å². The molecule has 1 aliphatic rings. The molecule has 0 bridgehead atoms. The molecule has 0 aromatic carbocycles. The van der Waals surface area contributed by atoms with E-state index in [1.54, 1.807) is 24.1 Å². The normalized spacial score (nSPS) is 14.6. The van der Waals surface area contributed by atoms with Crippen molar-refractivity contribution in [2.75, 3.05) is 7.05 Å². The number of aromatic nitrogens is 3. The van der Waals surface area contributed by atoms with Crippen LogP contribution in [0.4, 0.5) is 0 Å². The Morgan fingerprint density at radius 2 is 2.17 bits per heavy atom. The van der Waals surface area contributed by atoms with E-state index < -0.39 is 0 Å². The highest BCUT2D eigenvalue weighted by Crippen LogP contribution is 2.09. The van der Waals surface area contributed by atoms with Crippen LogP contribution in [0.3, 0.4) is 0 Å². The maximum atomic E-state index is 4.33. The van der Waals surface area contributed by atoms with Gasteiger partial charge in [0, 0.05) is 38.2 Å². The Bertz CT molecular complexity index is 657. The molecule has 0 saturated carbocycles. The molecule has 2 aromatic rings. The summed E-state index contributed by atoms with van der Waals surface area (Å²) in [7, 11) is 1.79. The van der Waals surface area contributed by atoms with Gasteiger partial charge in [0.25, 0.3) is 0 Å². The van der Waals surface area contributed by atoms with Crippen molar-refractivity contribution in [3.63, 3.8) is 0 Å². The summed E-state index contributed by atoms with van der Waals surface area (Å²) in [5, 5.41) is 11.0. The van der Waals surface area contributed by atoms with Crippen LogP contribution in [0, 0.1) is 0 Å². The lowest BCUT2D eigenvalue weighted by Gasteiger charge is -2.17. The van der Waals surface area contributed by atoms with Gasteiger partial charge in [-0.15, -0.1) is 24.0 Å². The Morgan fingerprint density at radius 1 is 1.35 bits per heavy atom. The van der Waals surface area contributed by atoms with Gasteiger partial charge >= 0.3 is 0 Å². The second-order valence-corrected chi connectivity index (χ2v) is 5.18. The summed E-state index contributed by atoms with van der Waals surface area (Å²) >= 11 is 0. The Hall–Kier alpha value is -1.90. The lowest BCUT2D eigenvalue weighted by atomic mass is 10.2. The van der Waals surface area contributed by atoms with Crippen molar-refractivity contribution in [2.24, 2.45) is 4.99 Å². The van der Waals surface area contributed by atoms with E-state index in [9.17, 15) is 0 Å². The molecule has 7 heteroatoms. The number of hydrogen-bond acceptors (Lipinski definition) is 3. The molecule has 0 spiro atoms. The molecule has 0 saturated heterocycles. The van der Waals surface area contributed by atoms with Crippen LogP contribution in [0.25, 0.3) is 5.82 Å². The van der Waals surface area contributed by atoms with E-state index >= 15 is 0 Å². The van der Waals surface area contributed by atoms with Crippen LogP contribution in [0.1, 0.15) is 18.4 Å². The molecular weight excluding hydrogens is 403 g/mol. The third-order valence-electron chi connectivity index (χ3n) is 3.58. The first-order valence-corrected chi connectivity index (χ1v) is 7.42. The van der Waals surface area contributed by atoms with Crippen LogP contribution in [-0.4, -0.2) is 33.8 Å². The fourth-order valence-corrected chi connectivity index (χ4v) is 2.41. The van der Waals surface area contributed by atoms with Gasteiger partial charge in [-0.25, -0.2) is 9.67 Å². The van der Waals surface area contributed by atoms with E-state index in [1.165, 1.54) is 0 Å². The van der Waals surface area contributed by atoms with Crippen molar-refractivity contribution in [1.82, 2.24) is 25.4 Å². The van der Waals surface area contributed by atoms with Crippen molar-refractivity contribution in [3.8, 4) is 5.82 Å². The monoisotopic (exact) mass is 424 g/mol. The first-order chi connectivity index (χ1) is 10.8.